The zero-order valence-electron chi connectivity index (χ0n) is 7.80. The summed E-state index contributed by atoms with van der Waals surface area (Å²) >= 11 is 1.44. The van der Waals surface area contributed by atoms with Gasteiger partial charge in [0.2, 0.25) is 4.96 Å². The Balaban J connectivity index is 2.19. The molecule has 0 aromatic carbocycles. The number of aromatic amines is 1. The van der Waals surface area contributed by atoms with E-state index in [1.165, 1.54) is 11.3 Å². The number of anilines is 1. The van der Waals surface area contributed by atoms with E-state index in [1.54, 1.807) is 10.6 Å². The summed E-state index contributed by atoms with van der Waals surface area (Å²) in [5, 5.41) is 19.7. The third kappa shape index (κ3) is 1.18. The summed E-state index contributed by atoms with van der Waals surface area (Å²) in [6.45, 7) is 1.85. The molecule has 0 spiro atoms. The van der Waals surface area contributed by atoms with Gasteiger partial charge in [0.25, 0.3) is 0 Å². The third-order valence-electron chi connectivity index (χ3n) is 1.97. The average molecular weight is 221 g/mol. The van der Waals surface area contributed by atoms with Gasteiger partial charge < -0.3 is 5.73 Å². The lowest BCUT2D eigenvalue weighted by Gasteiger charge is -1.85. The van der Waals surface area contributed by atoms with Gasteiger partial charge in [-0.05, 0) is 6.92 Å². The van der Waals surface area contributed by atoms with Crippen LogP contribution < -0.4 is 5.73 Å². The Labute approximate surface area is 87.9 Å². The molecule has 0 fully saturated rings. The second-order valence-corrected chi connectivity index (χ2v) is 4.01. The summed E-state index contributed by atoms with van der Waals surface area (Å²) in [5.74, 6) is 1.22. The van der Waals surface area contributed by atoms with E-state index >= 15 is 0 Å². The second kappa shape index (κ2) is 2.76. The minimum Gasteiger partial charge on any atom is -0.382 e. The summed E-state index contributed by atoms with van der Waals surface area (Å²) < 4.78 is 1.69. The van der Waals surface area contributed by atoms with Gasteiger partial charge in [-0.3, -0.25) is 5.10 Å². The highest BCUT2D eigenvalue weighted by molar-refractivity contribution is 7.19. The number of nitrogens with two attached hydrogens (primary N) is 1. The van der Waals surface area contributed by atoms with E-state index in [4.69, 9.17) is 5.73 Å². The lowest BCUT2D eigenvalue weighted by Crippen LogP contribution is -1.88. The summed E-state index contributed by atoms with van der Waals surface area (Å²) in [7, 11) is 0. The van der Waals surface area contributed by atoms with E-state index in [0.717, 1.165) is 21.5 Å². The molecular formula is C7H7N7S. The lowest BCUT2D eigenvalue weighted by molar-refractivity contribution is 0.895. The summed E-state index contributed by atoms with van der Waals surface area (Å²) in [6.07, 6.45) is 0. The van der Waals surface area contributed by atoms with Crippen LogP contribution >= 0.6 is 11.3 Å². The minimum atomic E-state index is 0.452. The van der Waals surface area contributed by atoms with Crippen LogP contribution in [0.5, 0.6) is 0 Å². The number of aryl methyl sites for hydroxylation is 1. The monoisotopic (exact) mass is 221 g/mol. The van der Waals surface area contributed by atoms with E-state index in [9.17, 15) is 0 Å². The Morgan fingerprint density at radius 3 is 3.00 bits per heavy atom. The smallest absolute Gasteiger partial charge is 0.235 e. The van der Waals surface area contributed by atoms with Gasteiger partial charge in [0.05, 0.1) is 5.69 Å². The molecule has 8 heteroatoms. The molecule has 3 rings (SSSR count). The van der Waals surface area contributed by atoms with Crippen molar-refractivity contribution >= 4 is 22.1 Å². The zero-order chi connectivity index (χ0) is 10.4. The van der Waals surface area contributed by atoms with Crippen molar-refractivity contribution in [2.24, 2.45) is 0 Å². The third-order valence-corrected chi connectivity index (χ3v) is 2.91. The summed E-state index contributed by atoms with van der Waals surface area (Å²) in [5.41, 5.74) is 6.31. The molecule has 0 unspecified atom stereocenters. The lowest BCUT2D eigenvalue weighted by atomic mass is 10.4. The van der Waals surface area contributed by atoms with Gasteiger partial charge >= 0.3 is 0 Å². The number of H-pyrrole nitrogens is 1. The fourth-order valence-electron chi connectivity index (χ4n) is 1.27. The second-order valence-electron chi connectivity index (χ2n) is 3.06. The number of nitrogen functional groups attached to an aromatic ring is 1. The van der Waals surface area contributed by atoms with Crippen molar-refractivity contribution in [3.05, 3.63) is 11.9 Å². The zero-order valence-corrected chi connectivity index (χ0v) is 8.62. The molecule has 0 bridgehead atoms. The highest BCUT2D eigenvalue weighted by Crippen LogP contribution is 2.24. The van der Waals surface area contributed by atoms with Crippen molar-refractivity contribution in [1.82, 2.24) is 30.0 Å². The standard InChI is InChI=1S/C7H7N7S/c1-3-9-12-7-14(3)13-6(15-7)4-2-5(8)11-10-4/h2H,1H3,(H3,8,10,11). The number of nitrogens with one attached hydrogen (secondary N) is 1. The maximum atomic E-state index is 5.52. The molecular weight excluding hydrogens is 214 g/mol. The molecule has 0 aliphatic rings. The Morgan fingerprint density at radius 2 is 2.33 bits per heavy atom. The van der Waals surface area contributed by atoms with Crippen LogP contribution in [0.2, 0.25) is 0 Å². The van der Waals surface area contributed by atoms with Crippen LogP contribution in [0.15, 0.2) is 6.07 Å². The van der Waals surface area contributed by atoms with Gasteiger partial charge in [-0.25, -0.2) is 0 Å². The van der Waals surface area contributed by atoms with E-state index in [-0.39, 0.29) is 0 Å². The molecule has 0 amide bonds. The molecule has 3 aromatic rings. The molecule has 0 radical (unpaired) electrons. The Hall–Kier alpha value is -1.96. The minimum absolute atomic E-state index is 0.452. The average Bonchev–Trinajstić information content (AvgIpc) is 2.84. The molecule has 0 aliphatic carbocycles. The van der Waals surface area contributed by atoms with Gasteiger partial charge in [0.15, 0.2) is 10.8 Å². The Morgan fingerprint density at radius 1 is 1.47 bits per heavy atom. The first-order valence-corrected chi connectivity index (χ1v) is 5.06. The fraction of sp³-hybridized carbons (Fsp3) is 0.143. The van der Waals surface area contributed by atoms with Crippen molar-refractivity contribution < 1.29 is 0 Å². The number of fused-ring (bicyclic) bond motifs is 1. The summed E-state index contributed by atoms with van der Waals surface area (Å²) in [6, 6.07) is 1.74. The number of hydrogen-bond acceptors (Lipinski definition) is 6. The molecule has 15 heavy (non-hydrogen) atoms. The topological polar surface area (TPSA) is 97.8 Å². The highest BCUT2D eigenvalue weighted by atomic mass is 32.1. The van der Waals surface area contributed by atoms with E-state index < -0.39 is 0 Å². The molecule has 3 aromatic heterocycles. The molecule has 76 valence electrons. The molecule has 0 saturated heterocycles. The van der Waals surface area contributed by atoms with Gasteiger partial charge in [-0.2, -0.15) is 14.7 Å². The van der Waals surface area contributed by atoms with Crippen LogP contribution in [0.25, 0.3) is 15.7 Å². The van der Waals surface area contributed by atoms with Crippen LogP contribution in [0.4, 0.5) is 5.82 Å². The number of hydrogen-bond donors (Lipinski definition) is 2. The van der Waals surface area contributed by atoms with Crippen molar-refractivity contribution in [3.63, 3.8) is 0 Å². The SMILES string of the molecule is Cc1nnc2sc(-c3cc(N)n[nH]3)nn12. The number of rotatable bonds is 1. The van der Waals surface area contributed by atoms with Crippen molar-refractivity contribution in [2.45, 2.75) is 6.92 Å². The number of aromatic nitrogens is 6. The quantitative estimate of drug-likeness (QED) is 0.622. The normalized spacial score (nSPS) is 11.3. The predicted molar refractivity (Wildman–Crippen MR) is 55.4 cm³/mol. The Bertz CT molecular complexity index is 618. The largest absolute Gasteiger partial charge is 0.382 e. The van der Waals surface area contributed by atoms with Crippen LogP contribution in [-0.2, 0) is 0 Å². The molecule has 0 saturated carbocycles. The molecule has 0 aliphatic heterocycles. The van der Waals surface area contributed by atoms with Crippen LogP contribution in [0.3, 0.4) is 0 Å². The van der Waals surface area contributed by atoms with Gasteiger partial charge in [-0.1, -0.05) is 11.3 Å². The first kappa shape index (κ1) is 8.36. The van der Waals surface area contributed by atoms with E-state index in [1.807, 2.05) is 6.92 Å². The van der Waals surface area contributed by atoms with Crippen LogP contribution in [0, 0.1) is 6.92 Å². The first-order chi connectivity index (χ1) is 7.24. The van der Waals surface area contributed by atoms with Crippen LogP contribution in [0.1, 0.15) is 5.82 Å². The van der Waals surface area contributed by atoms with Gasteiger partial charge in [0, 0.05) is 6.07 Å². The number of nitrogens with zero attached hydrogens (tertiary/aromatic N) is 5. The molecule has 0 atom stereocenters. The molecule has 3 N–H and O–H groups in total. The van der Waals surface area contributed by atoms with Crippen molar-refractivity contribution in [1.29, 1.82) is 0 Å². The van der Waals surface area contributed by atoms with Gasteiger partial charge in [0.1, 0.15) is 5.82 Å². The summed E-state index contributed by atoms with van der Waals surface area (Å²) in [4.78, 5) is 0.760. The van der Waals surface area contributed by atoms with Crippen LogP contribution in [-0.4, -0.2) is 30.0 Å². The van der Waals surface area contributed by atoms with E-state index in [2.05, 4.69) is 25.5 Å². The molecule has 7 nitrogen and oxygen atoms in total. The van der Waals surface area contributed by atoms with Gasteiger partial charge in [-0.15, -0.1) is 10.2 Å². The maximum Gasteiger partial charge on any atom is 0.235 e. The van der Waals surface area contributed by atoms with Crippen molar-refractivity contribution in [2.75, 3.05) is 5.73 Å². The predicted octanol–water partition coefficient (Wildman–Crippen LogP) is 0.467. The first-order valence-electron chi connectivity index (χ1n) is 4.24. The fourth-order valence-corrected chi connectivity index (χ4v) is 2.12. The van der Waals surface area contributed by atoms with E-state index in [0.29, 0.717) is 5.82 Å². The van der Waals surface area contributed by atoms with Crippen molar-refractivity contribution in [3.8, 4) is 10.7 Å². The highest BCUT2D eigenvalue weighted by Gasteiger charge is 2.11. The molecule has 3 heterocycles. The Kier molecular flexibility index (Phi) is 1.54. The maximum absolute atomic E-state index is 5.52.